The van der Waals surface area contributed by atoms with Gasteiger partial charge in [-0.05, 0) is 45.3 Å². The van der Waals surface area contributed by atoms with E-state index in [1.807, 2.05) is 33.8 Å². The van der Waals surface area contributed by atoms with Gasteiger partial charge in [-0.15, -0.1) is 0 Å². The fraction of sp³-hybridized carbons (Fsp3) is 0.600. The van der Waals surface area contributed by atoms with Crippen molar-refractivity contribution in [1.82, 2.24) is 0 Å². The van der Waals surface area contributed by atoms with Gasteiger partial charge in [0.25, 0.3) is 0 Å². The second kappa shape index (κ2) is 5.85. The Morgan fingerprint density at radius 1 is 1.10 bits per heavy atom. The lowest BCUT2D eigenvalue weighted by atomic mass is 9.79. The van der Waals surface area contributed by atoms with E-state index < -0.39 is 25.0 Å². The highest BCUT2D eigenvalue weighted by Gasteiger charge is 2.51. The molecule has 21 heavy (non-hydrogen) atoms. The second-order valence-corrected chi connectivity index (χ2v) is 6.04. The zero-order valence-corrected chi connectivity index (χ0v) is 13.2. The predicted octanol–water partition coefficient (Wildman–Crippen LogP) is 2.34. The molecule has 0 unspecified atom stereocenters. The minimum atomic E-state index is -0.552. The Kier molecular flexibility index (Phi) is 4.49. The first-order valence-corrected chi connectivity index (χ1v) is 7.03. The third kappa shape index (κ3) is 3.16. The molecule has 0 atom stereocenters. The van der Waals surface area contributed by atoms with Gasteiger partial charge in [0.15, 0.2) is 11.5 Å². The van der Waals surface area contributed by atoms with Crippen LogP contribution < -0.4 is 14.9 Å². The fourth-order valence-corrected chi connectivity index (χ4v) is 2.08. The zero-order chi connectivity index (χ0) is 15.7. The normalized spacial score (nSPS) is 19.6. The van der Waals surface area contributed by atoms with Crippen molar-refractivity contribution in [1.29, 1.82) is 0 Å². The largest absolute Gasteiger partial charge is 0.494 e. The molecule has 1 aliphatic heterocycles. The van der Waals surface area contributed by atoms with Crippen molar-refractivity contribution in [2.24, 2.45) is 0 Å². The number of hydrogen-bond donors (Lipinski definition) is 0. The topological polar surface area (TPSA) is 36.9 Å². The van der Waals surface area contributed by atoms with Crippen LogP contribution in [0.1, 0.15) is 27.7 Å². The van der Waals surface area contributed by atoms with Crippen LogP contribution in [0.15, 0.2) is 18.2 Å². The van der Waals surface area contributed by atoms with Crippen LogP contribution in [0.5, 0.6) is 11.5 Å². The van der Waals surface area contributed by atoms with Gasteiger partial charge in [0.05, 0.1) is 18.3 Å². The minimum absolute atomic E-state index is 0.0107. The van der Waals surface area contributed by atoms with Crippen molar-refractivity contribution in [3.8, 4) is 11.5 Å². The average molecular weight is 296 g/mol. The molecular formula is C15H22BFO4. The first-order chi connectivity index (χ1) is 9.80. The average Bonchev–Trinajstić information content (AvgIpc) is 2.65. The molecule has 4 nitrogen and oxygen atoms in total. The number of rotatable bonds is 5. The van der Waals surface area contributed by atoms with Crippen molar-refractivity contribution < 1.29 is 23.2 Å². The van der Waals surface area contributed by atoms with Crippen molar-refractivity contribution in [2.75, 3.05) is 20.4 Å². The summed E-state index contributed by atoms with van der Waals surface area (Å²) in [4.78, 5) is 0. The molecule has 0 saturated carbocycles. The molecule has 1 aliphatic rings. The van der Waals surface area contributed by atoms with Gasteiger partial charge in [0, 0.05) is 0 Å². The van der Waals surface area contributed by atoms with Crippen LogP contribution >= 0.6 is 0 Å². The molecule has 0 amide bonds. The minimum Gasteiger partial charge on any atom is -0.493 e. The Balaban J connectivity index is 2.25. The summed E-state index contributed by atoms with van der Waals surface area (Å²) < 4.78 is 34.9. The summed E-state index contributed by atoms with van der Waals surface area (Å²) in [5, 5.41) is 0. The van der Waals surface area contributed by atoms with Crippen LogP contribution in [0, 0.1) is 0 Å². The summed E-state index contributed by atoms with van der Waals surface area (Å²) in [7, 11) is 1.07. The van der Waals surface area contributed by atoms with Gasteiger partial charge in [-0.1, -0.05) is 6.07 Å². The first-order valence-electron chi connectivity index (χ1n) is 7.03. The highest BCUT2D eigenvalue weighted by molar-refractivity contribution is 6.62. The van der Waals surface area contributed by atoms with E-state index in [1.54, 1.807) is 19.2 Å². The molecule has 1 fully saturated rings. The third-order valence-corrected chi connectivity index (χ3v) is 4.05. The molecule has 1 aromatic carbocycles. The molecule has 1 saturated heterocycles. The van der Waals surface area contributed by atoms with Crippen molar-refractivity contribution >= 4 is 12.6 Å². The van der Waals surface area contributed by atoms with Crippen LogP contribution in [0.3, 0.4) is 0 Å². The molecule has 0 bridgehead atoms. The molecule has 0 aromatic heterocycles. The monoisotopic (exact) mass is 296 g/mol. The number of methoxy groups -OCH3 is 1. The van der Waals surface area contributed by atoms with Gasteiger partial charge in [-0.2, -0.15) is 0 Å². The molecule has 116 valence electrons. The smallest absolute Gasteiger partial charge is 0.493 e. The highest BCUT2D eigenvalue weighted by atomic mass is 19.1. The number of alkyl halides is 1. The van der Waals surface area contributed by atoms with Gasteiger partial charge in [0.2, 0.25) is 0 Å². The van der Waals surface area contributed by atoms with Crippen LogP contribution in [0.4, 0.5) is 4.39 Å². The Morgan fingerprint density at radius 2 is 1.71 bits per heavy atom. The van der Waals surface area contributed by atoms with Crippen LogP contribution in [0.2, 0.25) is 0 Å². The van der Waals surface area contributed by atoms with Gasteiger partial charge < -0.3 is 18.8 Å². The summed E-state index contributed by atoms with van der Waals surface area (Å²) >= 11 is 0. The van der Waals surface area contributed by atoms with Gasteiger partial charge >= 0.3 is 7.12 Å². The standard InChI is InChI=1S/C15H22BFO4/c1-14(2)15(3,4)21-16(20-14)11-6-7-12(18-5)13(10-11)19-9-8-17/h6-7,10H,8-9H2,1-5H3. The van der Waals surface area contributed by atoms with E-state index in [1.165, 1.54) is 0 Å². The fourth-order valence-electron chi connectivity index (χ4n) is 2.08. The summed E-state index contributed by atoms with van der Waals surface area (Å²) in [6.45, 7) is 7.43. The maximum Gasteiger partial charge on any atom is 0.494 e. The van der Waals surface area contributed by atoms with Gasteiger partial charge in [-0.25, -0.2) is 4.39 Å². The summed E-state index contributed by atoms with van der Waals surface area (Å²) in [5.74, 6) is 1.05. The van der Waals surface area contributed by atoms with E-state index >= 15 is 0 Å². The van der Waals surface area contributed by atoms with Crippen LogP contribution in [-0.2, 0) is 9.31 Å². The number of halogens is 1. The van der Waals surface area contributed by atoms with Crippen molar-refractivity contribution in [2.45, 2.75) is 38.9 Å². The first kappa shape index (κ1) is 16.1. The number of benzene rings is 1. The Hall–Kier alpha value is -1.27. The Bertz CT molecular complexity index is 488. The van der Waals surface area contributed by atoms with E-state index in [0.29, 0.717) is 11.5 Å². The molecule has 1 aromatic rings. The zero-order valence-electron chi connectivity index (χ0n) is 13.2. The summed E-state index contributed by atoms with van der Waals surface area (Å²) in [6, 6.07) is 5.41. The molecule has 0 N–H and O–H groups in total. The Morgan fingerprint density at radius 3 is 2.24 bits per heavy atom. The molecule has 2 rings (SSSR count). The maximum absolute atomic E-state index is 12.3. The third-order valence-electron chi connectivity index (χ3n) is 4.05. The highest BCUT2D eigenvalue weighted by Crippen LogP contribution is 2.37. The summed E-state index contributed by atoms with van der Waals surface area (Å²) in [5.41, 5.74) is 0.0121. The quantitative estimate of drug-likeness (QED) is 0.782. The molecule has 6 heteroatoms. The van der Waals surface area contributed by atoms with Gasteiger partial charge in [0.1, 0.15) is 13.3 Å². The molecule has 1 heterocycles. The van der Waals surface area contributed by atoms with E-state index in [4.69, 9.17) is 18.8 Å². The molecule has 0 spiro atoms. The van der Waals surface area contributed by atoms with Crippen molar-refractivity contribution in [3.63, 3.8) is 0 Å². The molecule has 0 radical (unpaired) electrons. The van der Waals surface area contributed by atoms with E-state index in [9.17, 15) is 4.39 Å². The lowest BCUT2D eigenvalue weighted by Gasteiger charge is -2.32. The van der Waals surface area contributed by atoms with Crippen LogP contribution in [0.25, 0.3) is 0 Å². The number of ether oxygens (including phenoxy) is 2. The second-order valence-electron chi connectivity index (χ2n) is 6.04. The molecule has 0 aliphatic carbocycles. The van der Waals surface area contributed by atoms with E-state index in [2.05, 4.69) is 0 Å². The number of hydrogen-bond acceptors (Lipinski definition) is 4. The summed E-state index contributed by atoms with van der Waals surface area (Å²) in [6.07, 6.45) is 0. The molecular weight excluding hydrogens is 274 g/mol. The maximum atomic E-state index is 12.3. The predicted molar refractivity (Wildman–Crippen MR) is 80.2 cm³/mol. The van der Waals surface area contributed by atoms with Gasteiger partial charge in [-0.3, -0.25) is 0 Å². The lowest BCUT2D eigenvalue weighted by Crippen LogP contribution is -2.41. The Labute approximate surface area is 125 Å². The van der Waals surface area contributed by atoms with E-state index in [-0.39, 0.29) is 6.61 Å². The van der Waals surface area contributed by atoms with Crippen molar-refractivity contribution in [3.05, 3.63) is 18.2 Å². The van der Waals surface area contributed by atoms with Crippen LogP contribution in [-0.4, -0.2) is 38.7 Å². The van der Waals surface area contributed by atoms with E-state index in [0.717, 1.165) is 5.46 Å². The SMILES string of the molecule is COc1ccc(B2OC(C)(C)C(C)(C)O2)cc1OCCF. The lowest BCUT2D eigenvalue weighted by molar-refractivity contribution is 0.00578.